The summed E-state index contributed by atoms with van der Waals surface area (Å²) in [5, 5.41) is 0. The van der Waals surface area contributed by atoms with Gasteiger partial charge >= 0.3 is 0 Å². The fourth-order valence-electron chi connectivity index (χ4n) is 2.20. The van der Waals surface area contributed by atoms with Crippen molar-refractivity contribution >= 4 is 6.29 Å². The fraction of sp³-hybridized carbons (Fsp3) is 0.917. The molecule has 87 valence electrons. The first-order valence-electron chi connectivity index (χ1n) is 6.01. The van der Waals surface area contributed by atoms with Crippen LogP contribution in [0.1, 0.15) is 32.6 Å². The van der Waals surface area contributed by atoms with E-state index in [1.54, 1.807) is 0 Å². The Kier molecular flexibility index (Phi) is 5.88. The monoisotopic (exact) mass is 211 g/mol. The molecule has 1 aliphatic rings. The number of piperazine rings is 1. The maximum absolute atomic E-state index is 10.0. The Hall–Kier alpha value is -0.410. The van der Waals surface area contributed by atoms with E-state index < -0.39 is 0 Å². The van der Waals surface area contributed by atoms with Crippen LogP contribution in [-0.2, 0) is 4.79 Å². The van der Waals surface area contributed by atoms with Crippen molar-refractivity contribution in [2.45, 2.75) is 38.6 Å². The van der Waals surface area contributed by atoms with Crippen molar-refractivity contribution in [3.8, 4) is 0 Å². The number of likely N-dealkylation sites (N-methyl/N-ethyl adjacent to an activating group) is 1. The van der Waals surface area contributed by atoms with Crippen molar-refractivity contribution in [2.24, 2.45) is 0 Å². The van der Waals surface area contributed by atoms with Crippen LogP contribution in [0.15, 0.2) is 0 Å². The molecule has 0 aromatic rings. The first-order chi connectivity index (χ1) is 7.24. The molecule has 0 aliphatic carbocycles. The summed E-state index contributed by atoms with van der Waals surface area (Å²) in [7, 11) is 2.19. The first-order valence-corrected chi connectivity index (χ1v) is 6.01. The molecule has 1 heterocycles. The summed E-state index contributed by atoms with van der Waals surface area (Å²) < 4.78 is 0. The van der Waals surface area contributed by atoms with Crippen molar-refractivity contribution in [2.75, 3.05) is 33.2 Å². The van der Waals surface area contributed by atoms with Gasteiger partial charge < -0.3 is 4.90 Å². The Morgan fingerprint density at radius 2 is 2.07 bits per heavy atom. The normalized spacial score (nSPS) is 24.3. The largest absolute Gasteiger partial charge is 0.304 e. The van der Waals surface area contributed by atoms with Gasteiger partial charge in [-0.3, -0.25) is 9.69 Å². The van der Waals surface area contributed by atoms with Crippen molar-refractivity contribution in [3.63, 3.8) is 0 Å². The van der Waals surface area contributed by atoms with Crippen LogP contribution in [-0.4, -0.2) is 55.4 Å². The highest BCUT2D eigenvalue weighted by Crippen LogP contribution is 2.09. The predicted molar refractivity (Wildman–Crippen MR) is 62.7 cm³/mol. The summed E-state index contributed by atoms with van der Waals surface area (Å²) in [5.41, 5.74) is 0. The van der Waals surface area contributed by atoms with E-state index in [4.69, 9.17) is 0 Å². The zero-order valence-electron chi connectivity index (χ0n) is 10.0. The molecule has 1 atom stereocenters. The van der Waals surface area contributed by atoms with Gasteiger partial charge in [0.2, 0.25) is 0 Å². The minimum atomic E-state index is 0.609. The molecule has 0 bridgehead atoms. The first kappa shape index (κ1) is 12.7. The lowest BCUT2D eigenvalue weighted by molar-refractivity contribution is 0.0985. The number of carbonyl (C=O) groups excluding carboxylic acids is 1. The third-order valence-electron chi connectivity index (χ3n) is 3.19. The van der Waals surface area contributed by atoms with Crippen LogP contribution in [0.25, 0.3) is 0 Å². The zero-order chi connectivity index (χ0) is 11.1. The molecule has 0 spiro atoms. The molecule has 1 fully saturated rings. The summed E-state index contributed by atoms with van der Waals surface area (Å²) in [5.74, 6) is 0. The predicted octanol–water partition coefficient (Wildman–Crippen LogP) is 1.29. The molecule has 1 rings (SSSR count). The topological polar surface area (TPSA) is 23.6 Å². The van der Waals surface area contributed by atoms with Crippen LogP contribution in [0.3, 0.4) is 0 Å². The minimum absolute atomic E-state index is 0.609. The number of nitrogens with zero attached hydrogens (tertiary/aromatic N) is 2. The van der Waals surface area contributed by atoms with Gasteiger partial charge in [-0.15, -0.1) is 0 Å². The lowest BCUT2D eigenvalue weighted by Gasteiger charge is -2.38. The van der Waals surface area contributed by atoms with Crippen LogP contribution in [0.5, 0.6) is 0 Å². The molecule has 0 amide bonds. The van der Waals surface area contributed by atoms with Crippen molar-refractivity contribution < 1.29 is 4.79 Å². The van der Waals surface area contributed by atoms with E-state index >= 15 is 0 Å². The quantitative estimate of drug-likeness (QED) is 0.619. The standard InChI is InChI=1S/C12H23N2O/c1-12-11-13(2)8-9-14(12)7-5-3-4-6-10-15/h12H,3-9,11H2,1-2H3. The molecular formula is C12H23N2O. The maximum atomic E-state index is 10.0. The summed E-state index contributed by atoms with van der Waals surface area (Å²) in [4.78, 5) is 15.0. The van der Waals surface area contributed by atoms with Gasteiger partial charge in [0.1, 0.15) is 0 Å². The molecule has 0 N–H and O–H groups in total. The van der Waals surface area contributed by atoms with Gasteiger partial charge in [-0.05, 0) is 33.4 Å². The molecular weight excluding hydrogens is 188 g/mol. The highest BCUT2D eigenvalue weighted by Gasteiger charge is 2.20. The molecule has 0 aromatic carbocycles. The Morgan fingerprint density at radius 3 is 2.73 bits per heavy atom. The number of rotatable bonds is 6. The SMILES string of the molecule is CC1CN(C)CCN1CCCCC[C]=O. The van der Waals surface area contributed by atoms with Gasteiger partial charge in [0, 0.05) is 32.1 Å². The van der Waals surface area contributed by atoms with E-state index in [-0.39, 0.29) is 0 Å². The Morgan fingerprint density at radius 1 is 1.27 bits per heavy atom. The highest BCUT2D eigenvalue weighted by molar-refractivity contribution is 5.50. The summed E-state index contributed by atoms with van der Waals surface area (Å²) in [6.07, 6.45) is 5.94. The summed E-state index contributed by atoms with van der Waals surface area (Å²) >= 11 is 0. The third-order valence-corrected chi connectivity index (χ3v) is 3.19. The van der Waals surface area contributed by atoms with Crippen LogP contribution < -0.4 is 0 Å². The summed E-state index contributed by atoms with van der Waals surface area (Å²) in [6.45, 7) is 7.05. The minimum Gasteiger partial charge on any atom is -0.304 e. The van der Waals surface area contributed by atoms with Gasteiger partial charge in [0.15, 0.2) is 6.29 Å². The van der Waals surface area contributed by atoms with E-state index in [0.29, 0.717) is 12.5 Å². The van der Waals surface area contributed by atoms with E-state index in [1.165, 1.54) is 32.6 Å². The Balaban J connectivity index is 2.07. The van der Waals surface area contributed by atoms with Gasteiger partial charge in [-0.2, -0.15) is 0 Å². The molecule has 15 heavy (non-hydrogen) atoms. The average Bonchev–Trinajstić information content (AvgIpc) is 2.20. The average molecular weight is 211 g/mol. The van der Waals surface area contributed by atoms with Gasteiger partial charge in [-0.1, -0.05) is 6.42 Å². The van der Waals surface area contributed by atoms with Crippen LogP contribution in [0, 0.1) is 0 Å². The fourth-order valence-corrected chi connectivity index (χ4v) is 2.20. The Bertz CT molecular complexity index is 184. The lowest BCUT2D eigenvalue weighted by atomic mass is 10.1. The zero-order valence-corrected chi connectivity index (χ0v) is 10.0. The maximum Gasteiger partial charge on any atom is 0.198 e. The molecule has 1 aliphatic heterocycles. The van der Waals surface area contributed by atoms with Crippen LogP contribution in [0.2, 0.25) is 0 Å². The number of unbranched alkanes of at least 4 members (excludes halogenated alkanes) is 3. The van der Waals surface area contributed by atoms with E-state index in [0.717, 1.165) is 12.8 Å². The third kappa shape index (κ3) is 4.76. The highest BCUT2D eigenvalue weighted by atomic mass is 16.1. The molecule has 1 saturated heterocycles. The second kappa shape index (κ2) is 6.96. The molecule has 0 saturated carbocycles. The number of hydrogen-bond acceptors (Lipinski definition) is 3. The van der Waals surface area contributed by atoms with Crippen LogP contribution in [0.4, 0.5) is 0 Å². The van der Waals surface area contributed by atoms with Gasteiger partial charge in [0.05, 0.1) is 0 Å². The van der Waals surface area contributed by atoms with Crippen LogP contribution >= 0.6 is 0 Å². The lowest BCUT2D eigenvalue weighted by Crippen LogP contribution is -2.50. The van der Waals surface area contributed by atoms with E-state index in [1.807, 2.05) is 6.29 Å². The smallest absolute Gasteiger partial charge is 0.198 e. The second-order valence-corrected chi connectivity index (χ2v) is 4.60. The van der Waals surface area contributed by atoms with E-state index in [9.17, 15) is 4.79 Å². The molecule has 3 nitrogen and oxygen atoms in total. The van der Waals surface area contributed by atoms with E-state index in [2.05, 4.69) is 23.8 Å². The molecule has 1 unspecified atom stereocenters. The van der Waals surface area contributed by atoms with Gasteiger partial charge in [0.25, 0.3) is 0 Å². The van der Waals surface area contributed by atoms with Crippen molar-refractivity contribution in [1.82, 2.24) is 9.80 Å². The summed E-state index contributed by atoms with van der Waals surface area (Å²) in [6, 6.07) is 0.682. The molecule has 3 heteroatoms. The van der Waals surface area contributed by atoms with Crippen molar-refractivity contribution in [1.29, 1.82) is 0 Å². The number of hydrogen-bond donors (Lipinski definition) is 0. The van der Waals surface area contributed by atoms with Crippen molar-refractivity contribution in [3.05, 3.63) is 0 Å². The van der Waals surface area contributed by atoms with Gasteiger partial charge in [-0.25, -0.2) is 0 Å². The second-order valence-electron chi connectivity index (χ2n) is 4.60. The molecule has 1 radical (unpaired) electrons. The Labute approximate surface area is 93.4 Å². The molecule has 0 aromatic heterocycles.